The van der Waals surface area contributed by atoms with E-state index in [4.69, 9.17) is 20.7 Å². The summed E-state index contributed by atoms with van der Waals surface area (Å²) in [7, 11) is 0. The summed E-state index contributed by atoms with van der Waals surface area (Å²) in [6.45, 7) is 1.08. The van der Waals surface area contributed by atoms with Gasteiger partial charge in [0.2, 0.25) is 0 Å². The van der Waals surface area contributed by atoms with Crippen LogP contribution in [0.4, 0.5) is 0 Å². The fraction of sp³-hybridized carbons (Fsp3) is 0.375. The van der Waals surface area contributed by atoms with Gasteiger partial charge in [0, 0.05) is 25.2 Å². The molecule has 17 heavy (non-hydrogen) atoms. The predicted molar refractivity (Wildman–Crippen MR) is 58.4 cm³/mol. The number of H-pyrrole nitrogens is 1. The molecule has 1 aromatic heterocycles. The van der Waals surface area contributed by atoms with Crippen molar-refractivity contribution in [3.05, 3.63) is 18.2 Å². The van der Waals surface area contributed by atoms with Gasteiger partial charge in [-0.3, -0.25) is 9.59 Å². The Morgan fingerprint density at radius 2 is 1.94 bits per heavy atom. The Kier molecular flexibility index (Phi) is 12.7. The molecule has 0 aliphatic heterocycles. The standard InChI is InChI=1S/C6H9N3O2.C2H4O2.2H2O/c7-5(6(10)11)1-4-2-8-3-9-4;1-2(3)4;;/h2-3,5H,1,7H2,(H,8,9)(H,10,11);1H3,(H,3,4);2*1H2. The summed E-state index contributed by atoms with van der Waals surface area (Å²) in [6, 6.07) is -0.851. The summed E-state index contributed by atoms with van der Waals surface area (Å²) in [5, 5.41) is 15.8. The summed E-state index contributed by atoms with van der Waals surface area (Å²) in [4.78, 5) is 25.8. The first-order valence-electron chi connectivity index (χ1n) is 4.08. The van der Waals surface area contributed by atoms with Crippen LogP contribution in [0.15, 0.2) is 12.5 Å². The lowest BCUT2D eigenvalue weighted by Crippen LogP contribution is -2.32. The molecule has 0 aliphatic rings. The Bertz CT molecular complexity index is 309. The largest absolute Gasteiger partial charge is 0.481 e. The van der Waals surface area contributed by atoms with Crippen LogP contribution in [0, 0.1) is 0 Å². The number of carboxylic acids is 2. The van der Waals surface area contributed by atoms with Crippen LogP contribution in [0.1, 0.15) is 12.6 Å². The van der Waals surface area contributed by atoms with Crippen LogP contribution in [0.2, 0.25) is 0 Å². The van der Waals surface area contributed by atoms with Crippen molar-refractivity contribution in [2.24, 2.45) is 5.73 Å². The minimum absolute atomic E-state index is 0. The molecule has 0 bridgehead atoms. The molecule has 0 saturated heterocycles. The Labute approximate surface area is 96.9 Å². The van der Waals surface area contributed by atoms with E-state index in [1.54, 1.807) is 6.20 Å². The SMILES string of the molecule is CC(=O)O.NC(Cc1cnc[nH]1)C(=O)O.O.O. The molecule has 0 radical (unpaired) electrons. The van der Waals surface area contributed by atoms with E-state index in [-0.39, 0.29) is 17.4 Å². The quantitative estimate of drug-likeness (QED) is 0.470. The number of nitrogens with two attached hydrogens (primary N) is 1. The number of nitrogens with zero attached hydrogens (tertiary/aromatic N) is 1. The molecule has 1 rings (SSSR count). The average Bonchev–Trinajstić information content (AvgIpc) is 2.55. The lowest BCUT2D eigenvalue weighted by atomic mass is 10.2. The van der Waals surface area contributed by atoms with Crippen LogP contribution in [0.25, 0.3) is 0 Å². The summed E-state index contributed by atoms with van der Waals surface area (Å²) in [5.74, 6) is -1.83. The van der Waals surface area contributed by atoms with Crippen molar-refractivity contribution in [2.45, 2.75) is 19.4 Å². The Morgan fingerprint density at radius 3 is 2.24 bits per heavy atom. The smallest absolute Gasteiger partial charge is 0.320 e. The Morgan fingerprint density at radius 1 is 1.47 bits per heavy atom. The van der Waals surface area contributed by atoms with Crippen molar-refractivity contribution < 1.29 is 30.8 Å². The van der Waals surface area contributed by atoms with Gasteiger partial charge < -0.3 is 31.9 Å². The lowest BCUT2D eigenvalue weighted by Gasteiger charge is -2.02. The molecule has 9 nitrogen and oxygen atoms in total. The third-order valence-electron chi connectivity index (χ3n) is 1.31. The highest BCUT2D eigenvalue weighted by Crippen LogP contribution is 1.95. The monoisotopic (exact) mass is 251 g/mol. The van der Waals surface area contributed by atoms with E-state index >= 15 is 0 Å². The van der Waals surface area contributed by atoms with E-state index in [2.05, 4.69) is 9.97 Å². The maximum absolute atomic E-state index is 10.3. The molecule has 0 aliphatic carbocycles. The first-order chi connectivity index (χ1) is 6.93. The molecular formula is C8H17N3O6. The second-order valence-corrected chi connectivity index (χ2v) is 2.74. The maximum atomic E-state index is 10.3. The molecule has 0 aromatic carbocycles. The summed E-state index contributed by atoms with van der Waals surface area (Å²) >= 11 is 0. The van der Waals surface area contributed by atoms with Crippen molar-refractivity contribution in [1.29, 1.82) is 0 Å². The van der Waals surface area contributed by atoms with Gasteiger partial charge in [-0.05, 0) is 0 Å². The molecule has 1 atom stereocenters. The first-order valence-corrected chi connectivity index (χ1v) is 4.08. The van der Waals surface area contributed by atoms with E-state index in [1.807, 2.05) is 0 Å². The van der Waals surface area contributed by atoms with Gasteiger partial charge in [0.15, 0.2) is 0 Å². The number of hydrogen-bond acceptors (Lipinski definition) is 4. The van der Waals surface area contributed by atoms with Gasteiger partial charge in [0.05, 0.1) is 6.33 Å². The fourth-order valence-electron chi connectivity index (χ4n) is 0.721. The first kappa shape index (κ1) is 20.4. The molecule has 100 valence electrons. The number of hydrogen-bond donors (Lipinski definition) is 4. The number of carboxylic acid groups (broad SMARTS) is 2. The van der Waals surface area contributed by atoms with Crippen LogP contribution in [0.3, 0.4) is 0 Å². The third-order valence-corrected chi connectivity index (χ3v) is 1.31. The average molecular weight is 251 g/mol. The van der Waals surface area contributed by atoms with Crippen LogP contribution in [-0.2, 0) is 16.0 Å². The van der Waals surface area contributed by atoms with Gasteiger partial charge in [0.25, 0.3) is 5.97 Å². The van der Waals surface area contributed by atoms with Gasteiger partial charge in [-0.15, -0.1) is 0 Å². The van der Waals surface area contributed by atoms with Crippen molar-refractivity contribution in [3.63, 3.8) is 0 Å². The molecule has 1 heterocycles. The van der Waals surface area contributed by atoms with Gasteiger partial charge >= 0.3 is 5.97 Å². The van der Waals surface area contributed by atoms with Crippen LogP contribution >= 0.6 is 0 Å². The van der Waals surface area contributed by atoms with Crippen molar-refractivity contribution in [3.8, 4) is 0 Å². The molecule has 0 saturated carbocycles. The van der Waals surface area contributed by atoms with Gasteiger partial charge in [0.1, 0.15) is 6.04 Å². The van der Waals surface area contributed by atoms with Crippen LogP contribution in [-0.4, -0.2) is 49.1 Å². The summed E-state index contributed by atoms with van der Waals surface area (Å²) in [5.41, 5.74) is 6.00. The van der Waals surface area contributed by atoms with Gasteiger partial charge in [-0.1, -0.05) is 0 Å². The summed E-state index contributed by atoms with van der Waals surface area (Å²) < 4.78 is 0. The minimum atomic E-state index is -1.00. The third kappa shape index (κ3) is 12.0. The summed E-state index contributed by atoms with van der Waals surface area (Å²) in [6.07, 6.45) is 3.34. The zero-order valence-electron chi connectivity index (χ0n) is 9.17. The molecule has 1 unspecified atom stereocenters. The van der Waals surface area contributed by atoms with E-state index in [9.17, 15) is 4.79 Å². The number of aliphatic carboxylic acids is 2. The second kappa shape index (κ2) is 10.5. The maximum Gasteiger partial charge on any atom is 0.320 e. The number of carbonyl (C=O) groups is 2. The molecule has 9 N–H and O–H groups in total. The minimum Gasteiger partial charge on any atom is -0.481 e. The van der Waals surface area contributed by atoms with Crippen molar-refractivity contribution in [1.82, 2.24) is 9.97 Å². The number of imidazole rings is 1. The van der Waals surface area contributed by atoms with Crippen molar-refractivity contribution in [2.75, 3.05) is 0 Å². The molecule has 0 fully saturated rings. The van der Waals surface area contributed by atoms with Crippen molar-refractivity contribution >= 4 is 11.9 Å². The lowest BCUT2D eigenvalue weighted by molar-refractivity contribution is -0.138. The highest BCUT2D eigenvalue weighted by atomic mass is 16.4. The topological polar surface area (TPSA) is 192 Å². The van der Waals surface area contributed by atoms with E-state index in [0.717, 1.165) is 12.6 Å². The fourth-order valence-corrected chi connectivity index (χ4v) is 0.721. The number of aromatic amines is 1. The van der Waals surface area contributed by atoms with Crippen LogP contribution in [0.5, 0.6) is 0 Å². The van der Waals surface area contributed by atoms with E-state index in [0.29, 0.717) is 0 Å². The number of aromatic nitrogens is 2. The zero-order valence-corrected chi connectivity index (χ0v) is 9.17. The molecule has 9 heteroatoms. The van der Waals surface area contributed by atoms with Crippen LogP contribution < -0.4 is 5.73 Å². The molecule has 1 aromatic rings. The molecule has 0 spiro atoms. The molecule has 0 amide bonds. The highest BCUT2D eigenvalue weighted by molar-refractivity contribution is 5.73. The van der Waals surface area contributed by atoms with Gasteiger partial charge in [-0.25, -0.2) is 4.98 Å². The second-order valence-electron chi connectivity index (χ2n) is 2.74. The van der Waals surface area contributed by atoms with Gasteiger partial charge in [-0.2, -0.15) is 0 Å². The predicted octanol–water partition coefficient (Wildman–Crippen LogP) is -2.19. The highest BCUT2D eigenvalue weighted by Gasteiger charge is 2.11. The Balaban J connectivity index is -0.000000289. The Hall–Kier alpha value is -1.97. The number of nitrogens with one attached hydrogen (secondary N) is 1. The number of rotatable bonds is 3. The molecular weight excluding hydrogens is 234 g/mol. The van der Waals surface area contributed by atoms with E-state index in [1.165, 1.54) is 6.33 Å². The normalized spacial score (nSPS) is 9.76. The van der Waals surface area contributed by atoms with E-state index < -0.39 is 18.0 Å². The zero-order chi connectivity index (χ0) is 11.8.